The highest BCUT2D eigenvalue weighted by atomic mass is 15.2. The number of nitrogens with zero attached hydrogens (tertiary/aromatic N) is 3. The van der Waals surface area contributed by atoms with Gasteiger partial charge in [-0.2, -0.15) is 5.10 Å². The molecular formula is C15H22N6. The lowest BCUT2D eigenvalue weighted by Crippen LogP contribution is -2.36. The minimum atomic E-state index is 0.476. The molecule has 112 valence electrons. The minimum Gasteiger partial charge on any atom is -0.384 e. The summed E-state index contributed by atoms with van der Waals surface area (Å²) in [7, 11) is 1.91. The number of amidine groups is 1. The highest BCUT2D eigenvalue weighted by Gasteiger charge is 2.21. The Morgan fingerprint density at radius 2 is 2.33 bits per heavy atom. The van der Waals surface area contributed by atoms with Crippen LogP contribution in [0.2, 0.25) is 0 Å². The Morgan fingerprint density at radius 3 is 3.00 bits per heavy atom. The van der Waals surface area contributed by atoms with Gasteiger partial charge in [0.1, 0.15) is 11.7 Å². The minimum absolute atomic E-state index is 0.476. The van der Waals surface area contributed by atoms with Gasteiger partial charge in [0.2, 0.25) is 0 Å². The Labute approximate surface area is 124 Å². The van der Waals surface area contributed by atoms with E-state index < -0.39 is 0 Å². The van der Waals surface area contributed by atoms with Crippen LogP contribution in [0.3, 0.4) is 0 Å². The number of hydrogen-bond acceptors (Lipinski definition) is 5. The molecule has 2 aliphatic heterocycles. The van der Waals surface area contributed by atoms with E-state index >= 15 is 0 Å². The molecule has 1 fully saturated rings. The third-order valence-electron chi connectivity index (χ3n) is 4.04. The molecule has 6 nitrogen and oxygen atoms in total. The van der Waals surface area contributed by atoms with Crippen molar-refractivity contribution in [3.8, 4) is 0 Å². The van der Waals surface area contributed by atoms with E-state index in [0.29, 0.717) is 11.8 Å². The molecule has 21 heavy (non-hydrogen) atoms. The SMILES string of the molecule is C/C(=C1\N=C(N)C=C([C@H]2CCCNC2)N1)c1cnn(C)c1. The largest absolute Gasteiger partial charge is 0.384 e. The van der Waals surface area contributed by atoms with Crippen molar-refractivity contribution in [1.82, 2.24) is 20.4 Å². The van der Waals surface area contributed by atoms with Crippen molar-refractivity contribution in [2.24, 2.45) is 23.7 Å². The first-order valence-corrected chi connectivity index (χ1v) is 7.37. The fraction of sp³-hybridized carbons (Fsp3) is 0.467. The van der Waals surface area contributed by atoms with Crippen LogP contribution in [0.25, 0.3) is 5.57 Å². The van der Waals surface area contributed by atoms with Gasteiger partial charge in [-0.05, 0) is 32.4 Å². The van der Waals surface area contributed by atoms with Crippen LogP contribution in [0.4, 0.5) is 0 Å². The van der Waals surface area contributed by atoms with Gasteiger partial charge in [-0.1, -0.05) is 0 Å². The molecule has 1 aromatic rings. The maximum Gasteiger partial charge on any atom is 0.136 e. The van der Waals surface area contributed by atoms with E-state index in [-0.39, 0.29) is 0 Å². The number of aliphatic imine (C=N–C) groups is 1. The third kappa shape index (κ3) is 3.00. The number of rotatable bonds is 2. The molecule has 3 heterocycles. The Balaban J connectivity index is 1.87. The number of allylic oxidation sites excluding steroid dienone is 1. The summed E-state index contributed by atoms with van der Waals surface area (Å²) in [5, 5.41) is 11.1. The summed E-state index contributed by atoms with van der Waals surface area (Å²) in [5.41, 5.74) is 9.27. The van der Waals surface area contributed by atoms with Crippen LogP contribution in [-0.2, 0) is 7.05 Å². The van der Waals surface area contributed by atoms with Crippen LogP contribution in [0, 0.1) is 5.92 Å². The quantitative estimate of drug-likeness (QED) is 0.756. The fourth-order valence-electron chi connectivity index (χ4n) is 2.79. The average molecular weight is 286 g/mol. The zero-order valence-electron chi connectivity index (χ0n) is 12.6. The zero-order valence-corrected chi connectivity index (χ0v) is 12.6. The van der Waals surface area contributed by atoms with Crippen LogP contribution >= 0.6 is 0 Å². The topological polar surface area (TPSA) is 80.3 Å². The van der Waals surface area contributed by atoms with Gasteiger partial charge >= 0.3 is 0 Å². The summed E-state index contributed by atoms with van der Waals surface area (Å²) in [6.07, 6.45) is 8.16. The molecule has 0 aromatic carbocycles. The van der Waals surface area contributed by atoms with Crippen molar-refractivity contribution >= 4 is 11.4 Å². The molecule has 0 bridgehead atoms. The van der Waals surface area contributed by atoms with Gasteiger partial charge in [-0.15, -0.1) is 0 Å². The van der Waals surface area contributed by atoms with E-state index in [0.717, 1.165) is 35.7 Å². The van der Waals surface area contributed by atoms with E-state index in [9.17, 15) is 0 Å². The van der Waals surface area contributed by atoms with Gasteiger partial charge in [0.05, 0.1) is 6.20 Å². The molecule has 0 radical (unpaired) electrons. The van der Waals surface area contributed by atoms with Crippen molar-refractivity contribution in [3.63, 3.8) is 0 Å². The van der Waals surface area contributed by atoms with Gasteiger partial charge in [0, 0.05) is 42.5 Å². The summed E-state index contributed by atoms with van der Waals surface area (Å²) in [5.74, 6) is 1.86. The number of aromatic nitrogens is 2. The summed E-state index contributed by atoms with van der Waals surface area (Å²) in [6.45, 7) is 4.13. The maximum absolute atomic E-state index is 6.00. The van der Waals surface area contributed by atoms with E-state index in [1.165, 1.54) is 12.8 Å². The Hall–Kier alpha value is -2.08. The Morgan fingerprint density at radius 1 is 1.48 bits per heavy atom. The van der Waals surface area contributed by atoms with Crippen molar-refractivity contribution < 1.29 is 0 Å². The second-order valence-corrected chi connectivity index (χ2v) is 5.68. The van der Waals surface area contributed by atoms with Crippen molar-refractivity contribution in [1.29, 1.82) is 0 Å². The second-order valence-electron chi connectivity index (χ2n) is 5.68. The molecule has 3 rings (SSSR count). The number of aryl methyl sites for hydroxylation is 1. The summed E-state index contributed by atoms with van der Waals surface area (Å²) < 4.78 is 1.79. The molecule has 6 heteroatoms. The van der Waals surface area contributed by atoms with Crippen molar-refractivity contribution in [2.45, 2.75) is 19.8 Å². The third-order valence-corrected chi connectivity index (χ3v) is 4.04. The zero-order chi connectivity index (χ0) is 14.8. The van der Waals surface area contributed by atoms with Crippen LogP contribution < -0.4 is 16.4 Å². The van der Waals surface area contributed by atoms with Crippen LogP contribution in [0.1, 0.15) is 25.3 Å². The molecule has 1 saturated heterocycles. The van der Waals surface area contributed by atoms with Gasteiger partial charge in [-0.3, -0.25) is 4.68 Å². The van der Waals surface area contributed by atoms with Crippen molar-refractivity contribution in [3.05, 3.63) is 35.6 Å². The fourth-order valence-corrected chi connectivity index (χ4v) is 2.79. The lowest BCUT2D eigenvalue weighted by atomic mass is 9.95. The van der Waals surface area contributed by atoms with E-state index in [1.54, 1.807) is 4.68 Å². The summed E-state index contributed by atoms with van der Waals surface area (Å²) >= 11 is 0. The van der Waals surface area contributed by atoms with Crippen LogP contribution in [0.5, 0.6) is 0 Å². The highest BCUT2D eigenvalue weighted by Crippen LogP contribution is 2.24. The van der Waals surface area contributed by atoms with Gasteiger partial charge in [0.25, 0.3) is 0 Å². The molecule has 0 spiro atoms. The molecule has 4 N–H and O–H groups in total. The lowest BCUT2D eigenvalue weighted by molar-refractivity contribution is 0.409. The first-order chi connectivity index (χ1) is 10.1. The monoisotopic (exact) mass is 286 g/mol. The standard InChI is InChI=1S/C15H22N6/c1-10(12-8-18-21(2)9-12)15-19-13(6-14(16)20-15)11-4-3-5-17-7-11/h6,8-9,11,17,19H,3-5,7H2,1-2H3,(H2,16,20)/b15-10+/t11-/m0/s1. The predicted octanol–water partition coefficient (Wildman–Crippen LogP) is 0.953. The van der Waals surface area contributed by atoms with Gasteiger partial charge in [-0.25, -0.2) is 4.99 Å². The molecular weight excluding hydrogens is 264 g/mol. The summed E-state index contributed by atoms with van der Waals surface area (Å²) in [6, 6.07) is 0. The van der Waals surface area contributed by atoms with E-state index in [2.05, 4.69) is 20.7 Å². The molecule has 2 aliphatic rings. The molecule has 1 atom stereocenters. The average Bonchev–Trinajstić information content (AvgIpc) is 2.93. The predicted molar refractivity (Wildman–Crippen MR) is 84.2 cm³/mol. The lowest BCUT2D eigenvalue weighted by Gasteiger charge is -2.28. The maximum atomic E-state index is 6.00. The van der Waals surface area contributed by atoms with E-state index in [4.69, 9.17) is 5.73 Å². The van der Waals surface area contributed by atoms with E-state index in [1.807, 2.05) is 32.4 Å². The first kappa shape index (κ1) is 13.9. The van der Waals surface area contributed by atoms with Gasteiger partial charge in [0.15, 0.2) is 0 Å². The molecule has 0 amide bonds. The summed E-state index contributed by atoms with van der Waals surface area (Å²) in [4.78, 5) is 4.44. The van der Waals surface area contributed by atoms with Gasteiger partial charge < -0.3 is 16.4 Å². The van der Waals surface area contributed by atoms with Crippen LogP contribution in [0.15, 0.2) is 35.0 Å². The number of nitrogens with two attached hydrogens (primary N) is 1. The molecule has 1 aromatic heterocycles. The molecule has 0 unspecified atom stereocenters. The van der Waals surface area contributed by atoms with Crippen LogP contribution in [-0.4, -0.2) is 28.7 Å². The highest BCUT2D eigenvalue weighted by molar-refractivity contribution is 5.94. The second kappa shape index (κ2) is 5.73. The number of nitrogens with one attached hydrogen (secondary N) is 2. The Bertz CT molecular complexity index is 616. The number of piperidine rings is 1. The smallest absolute Gasteiger partial charge is 0.136 e. The normalized spacial score (nSPS) is 25.0. The molecule has 0 aliphatic carbocycles. The first-order valence-electron chi connectivity index (χ1n) is 7.37. The number of hydrogen-bond donors (Lipinski definition) is 3. The molecule has 0 saturated carbocycles. The van der Waals surface area contributed by atoms with Crippen molar-refractivity contribution in [2.75, 3.05) is 13.1 Å². The Kier molecular flexibility index (Phi) is 3.79.